The summed E-state index contributed by atoms with van der Waals surface area (Å²) in [4.78, 5) is 14.8. The average molecular weight is 452 g/mol. The molecule has 0 aromatic heterocycles. The normalized spacial score (nSPS) is 17.4. The number of piperazine rings is 1. The van der Waals surface area contributed by atoms with Crippen LogP contribution in [0.25, 0.3) is 0 Å². The van der Waals surface area contributed by atoms with Gasteiger partial charge in [0.05, 0.1) is 10.9 Å². The van der Waals surface area contributed by atoms with Crippen LogP contribution in [-0.2, 0) is 14.8 Å². The minimum atomic E-state index is -3.48. The number of benzene rings is 2. The first-order valence-corrected chi connectivity index (χ1v) is 11.0. The number of halogens is 1. The van der Waals surface area contributed by atoms with Gasteiger partial charge in [0, 0.05) is 36.3 Å². The van der Waals surface area contributed by atoms with Crippen molar-refractivity contribution in [3.05, 3.63) is 59.1 Å². The highest BCUT2D eigenvalue weighted by Gasteiger charge is 2.31. The van der Waals surface area contributed by atoms with Gasteiger partial charge in [0.1, 0.15) is 0 Å². The van der Waals surface area contributed by atoms with Crippen molar-refractivity contribution in [3.8, 4) is 0 Å². The second-order valence-electron chi connectivity index (χ2n) is 6.43. The zero-order valence-corrected chi connectivity index (χ0v) is 17.4. The Bertz CT molecular complexity index is 880. The van der Waals surface area contributed by atoms with E-state index in [0.29, 0.717) is 31.1 Å². The number of hydrogen-bond donors (Lipinski definition) is 1. The number of carbonyl (C=O) groups is 1. The number of carbonyl (C=O) groups excluding carboxylic acids is 1. The maximum absolute atomic E-state index is 12.7. The van der Waals surface area contributed by atoms with E-state index in [9.17, 15) is 13.2 Å². The summed E-state index contributed by atoms with van der Waals surface area (Å²) in [5, 5.41) is 2.90. The molecule has 0 saturated carbocycles. The van der Waals surface area contributed by atoms with E-state index >= 15 is 0 Å². The van der Waals surface area contributed by atoms with Gasteiger partial charge in [-0.2, -0.15) is 4.31 Å². The van der Waals surface area contributed by atoms with Crippen LogP contribution in [0.2, 0.25) is 0 Å². The third kappa shape index (κ3) is 4.76. The van der Waals surface area contributed by atoms with Gasteiger partial charge in [0.25, 0.3) is 0 Å². The standard InChI is InChI=1S/C19H22BrN3O3S/c1-15(19(24)21-17-9-7-16(20)8-10-17)22-11-13-23(14-12-22)27(25,26)18-5-3-2-4-6-18/h2-10,15H,11-14H2,1H3,(H,21,24)/t15-/m0/s1. The molecule has 1 atom stereocenters. The second kappa shape index (κ2) is 8.52. The number of anilines is 1. The second-order valence-corrected chi connectivity index (χ2v) is 9.28. The van der Waals surface area contributed by atoms with Crippen molar-refractivity contribution >= 4 is 37.5 Å². The summed E-state index contributed by atoms with van der Waals surface area (Å²) >= 11 is 3.37. The molecule has 1 fully saturated rings. The van der Waals surface area contributed by atoms with E-state index in [1.165, 1.54) is 4.31 Å². The van der Waals surface area contributed by atoms with Crippen LogP contribution < -0.4 is 5.32 Å². The van der Waals surface area contributed by atoms with Crippen LogP contribution in [0.5, 0.6) is 0 Å². The minimum absolute atomic E-state index is 0.100. The zero-order chi connectivity index (χ0) is 19.4. The molecule has 27 heavy (non-hydrogen) atoms. The van der Waals surface area contributed by atoms with Crippen LogP contribution in [0, 0.1) is 0 Å². The summed E-state index contributed by atoms with van der Waals surface area (Å²) < 4.78 is 27.8. The Morgan fingerprint density at radius 1 is 1.00 bits per heavy atom. The molecule has 1 heterocycles. The van der Waals surface area contributed by atoms with Crippen LogP contribution in [0.4, 0.5) is 5.69 Å². The number of hydrogen-bond acceptors (Lipinski definition) is 4. The Morgan fingerprint density at radius 2 is 1.59 bits per heavy atom. The summed E-state index contributed by atoms with van der Waals surface area (Å²) in [6.07, 6.45) is 0. The van der Waals surface area contributed by atoms with Gasteiger partial charge in [-0.15, -0.1) is 0 Å². The fourth-order valence-corrected chi connectivity index (χ4v) is 4.73. The van der Waals surface area contributed by atoms with E-state index in [0.717, 1.165) is 10.2 Å². The van der Waals surface area contributed by atoms with Crippen molar-refractivity contribution in [2.24, 2.45) is 0 Å². The molecule has 1 aliphatic heterocycles. The molecule has 2 aromatic carbocycles. The Balaban J connectivity index is 1.58. The summed E-state index contributed by atoms with van der Waals surface area (Å²) in [6, 6.07) is 15.5. The number of amides is 1. The SMILES string of the molecule is C[C@@H](C(=O)Nc1ccc(Br)cc1)N1CCN(S(=O)(=O)c2ccccc2)CC1. The maximum atomic E-state index is 12.7. The predicted molar refractivity (Wildman–Crippen MR) is 109 cm³/mol. The third-order valence-electron chi connectivity index (χ3n) is 4.69. The third-order valence-corrected chi connectivity index (χ3v) is 7.13. The highest BCUT2D eigenvalue weighted by Crippen LogP contribution is 2.19. The zero-order valence-electron chi connectivity index (χ0n) is 15.0. The molecular weight excluding hydrogens is 430 g/mol. The molecule has 0 unspecified atom stereocenters. The first-order chi connectivity index (χ1) is 12.9. The lowest BCUT2D eigenvalue weighted by atomic mass is 10.2. The molecule has 8 heteroatoms. The molecular formula is C19H22BrN3O3S. The largest absolute Gasteiger partial charge is 0.325 e. The molecule has 1 aliphatic rings. The maximum Gasteiger partial charge on any atom is 0.243 e. The Labute approximate surface area is 168 Å². The molecule has 144 valence electrons. The number of rotatable bonds is 5. The van der Waals surface area contributed by atoms with Crippen molar-refractivity contribution in [1.29, 1.82) is 0 Å². The molecule has 1 N–H and O–H groups in total. The Hall–Kier alpha value is -1.74. The Morgan fingerprint density at radius 3 is 2.19 bits per heavy atom. The monoisotopic (exact) mass is 451 g/mol. The molecule has 6 nitrogen and oxygen atoms in total. The molecule has 1 amide bonds. The molecule has 0 aliphatic carbocycles. The lowest BCUT2D eigenvalue weighted by molar-refractivity contribution is -0.121. The number of sulfonamides is 1. The van der Waals surface area contributed by atoms with Gasteiger partial charge in [0.15, 0.2) is 0 Å². The van der Waals surface area contributed by atoms with Crippen LogP contribution in [0.1, 0.15) is 6.92 Å². The molecule has 0 bridgehead atoms. The van der Waals surface area contributed by atoms with E-state index < -0.39 is 10.0 Å². The molecule has 3 rings (SSSR count). The van der Waals surface area contributed by atoms with Crippen LogP contribution in [-0.4, -0.2) is 55.8 Å². The fourth-order valence-electron chi connectivity index (χ4n) is 3.02. The van der Waals surface area contributed by atoms with Crippen LogP contribution in [0.3, 0.4) is 0 Å². The predicted octanol–water partition coefficient (Wildman–Crippen LogP) is 2.78. The van der Waals surface area contributed by atoms with Crippen molar-refractivity contribution in [2.45, 2.75) is 17.9 Å². The number of nitrogens with one attached hydrogen (secondary N) is 1. The first kappa shape index (κ1) is 20.0. The first-order valence-electron chi connectivity index (χ1n) is 8.73. The highest BCUT2D eigenvalue weighted by atomic mass is 79.9. The van der Waals surface area contributed by atoms with E-state index in [1.807, 2.05) is 36.1 Å². The molecule has 0 spiro atoms. The van der Waals surface area contributed by atoms with Crippen molar-refractivity contribution in [2.75, 3.05) is 31.5 Å². The summed E-state index contributed by atoms with van der Waals surface area (Å²) in [5.74, 6) is -0.100. The quantitative estimate of drug-likeness (QED) is 0.758. The van der Waals surface area contributed by atoms with Gasteiger partial charge < -0.3 is 5.32 Å². The summed E-state index contributed by atoms with van der Waals surface area (Å²) in [7, 11) is -3.48. The van der Waals surface area contributed by atoms with E-state index in [4.69, 9.17) is 0 Å². The van der Waals surface area contributed by atoms with E-state index in [2.05, 4.69) is 21.2 Å². The van der Waals surface area contributed by atoms with E-state index in [-0.39, 0.29) is 11.9 Å². The van der Waals surface area contributed by atoms with Gasteiger partial charge >= 0.3 is 0 Å². The van der Waals surface area contributed by atoms with E-state index in [1.54, 1.807) is 30.3 Å². The topological polar surface area (TPSA) is 69.7 Å². The van der Waals surface area contributed by atoms with Crippen LogP contribution in [0.15, 0.2) is 64.0 Å². The number of nitrogens with zero attached hydrogens (tertiary/aromatic N) is 2. The lowest BCUT2D eigenvalue weighted by Crippen LogP contribution is -2.53. The molecule has 0 radical (unpaired) electrons. The lowest BCUT2D eigenvalue weighted by Gasteiger charge is -2.36. The van der Waals surface area contributed by atoms with Gasteiger partial charge in [-0.3, -0.25) is 9.69 Å². The van der Waals surface area contributed by atoms with Crippen molar-refractivity contribution in [3.63, 3.8) is 0 Å². The van der Waals surface area contributed by atoms with Crippen molar-refractivity contribution < 1.29 is 13.2 Å². The summed E-state index contributed by atoms with van der Waals surface area (Å²) in [6.45, 7) is 3.61. The van der Waals surface area contributed by atoms with Gasteiger partial charge in [-0.1, -0.05) is 34.1 Å². The van der Waals surface area contributed by atoms with Crippen molar-refractivity contribution in [1.82, 2.24) is 9.21 Å². The van der Waals surface area contributed by atoms with Gasteiger partial charge in [-0.05, 0) is 43.3 Å². The van der Waals surface area contributed by atoms with Gasteiger partial charge in [0.2, 0.25) is 15.9 Å². The fraction of sp³-hybridized carbons (Fsp3) is 0.316. The molecule has 2 aromatic rings. The summed E-state index contributed by atoms with van der Waals surface area (Å²) in [5.41, 5.74) is 0.736. The highest BCUT2D eigenvalue weighted by molar-refractivity contribution is 9.10. The Kier molecular flexibility index (Phi) is 6.31. The minimum Gasteiger partial charge on any atom is -0.325 e. The average Bonchev–Trinajstić information content (AvgIpc) is 2.70. The smallest absolute Gasteiger partial charge is 0.243 e. The van der Waals surface area contributed by atoms with Crippen LogP contribution >= 0.6 is 15.9 Å². The van der Waals surface area contributed by atoms with Gasteiger partial charge in [-0.25, -0.2) is 8.42 Å². The molecule has 1 saturated heterocycles.